The number of halogens is 2. The Kier molecular flexibility index (Phi) is 3.15. The third-order valence-electron chi connectivity index (χ3n) is 3.54. The second-order valence-corrected chi connectivity index (χ2v) is 5.27. The molecular formula is C15H14ClFN2. The average molecular weight is 277 g/mol. The minimum Gasteiger partial charge on any atom is -0.377 e. The van der Waals surface area contributed by atoms with Gasteiger partial charge in [0.15, 0.2) is 0 Å². The lowest BCUT2D eigenvalue weighted by Gasteiger charge is -2.16. The topological polar surface area (TPSA) is 24.9 Å². The number of fused-ring (bicyclic) bond motifs is 1. The van der Waals surface area contributed by atoms with Gasteiger partial charge in [0.2, 0.25) is 0 Å². The summed E-state index contributed by atoms with van der Waals surface area (Å²) in [5.41, 5.74) is 4.17. The molecule has 0 spiro atoms. The molecule has 98 valence electrons. The monoisotopic (exact) mass is 276 g/mol. The van der Waals surface area contributed by atoms with Crippen molar-refractivity contribution in [1.82, 2.24) is 4.98 Å². The number of aromatic nitrogens is 1. The fourth-order valence-electron chi connectivity index (χ4n) is 2.57. The normalized spacial score (nSPS) is 17.3. The standard InChI is InChI=1S/C15H14ClFN2/c1-9-6-12(8-18-15(9)16)19-14-5-2-10-7-11(17)3-4-13(10)14/h3-4,6-8,14,19H,2,5H2,1H3. The van der Waals surface area contributed by atoms with Gasteiger partial charge in [0, 0.05) is 0 Å². The molecule has 0 saturated heterocycles. The summed E-state index contributed by atoms with van der Waals surface area (Å²) in [7, 11) is 0. The molecule has 1 heterocycles. The predicted octanol–water partition coefficient (Wildman–Crippen LogP) is 4.28. The van der Waals surface area contributed by atoms with Crippen molar-refractivity contribution in [2.24, 2.45) is 0 Å². The first-order valence-corrected chi connectivity index (χ1v) is 6.68. The Morgan fingerprint density at radius 3 is 3.00 bits per heavy atom. The van der Waals surface area contributed by atoms with Crippen LogP contribution in [0.1, 0.15) is 29.2 Å². The summed E-state index contributed by atoms with van der Waals surface area (Å²) in [6.07, 6.45) is 3.61. The van der Waals surface area contributed by atoms with E-state index in [4.69, 9.17) is 11.6 Å². The van der Waals surface area contributed by atoms with E-state index >= 15 is 0 Å². The summed E-state index contributed by atoms with van der Waals surface area (Å²) in [6, 6.07) is 7.22. The molecule has 0 amide bonds. The number of rotatable bonds is 2. The molecule has 3 rings (SSSR count). The molecule has 1 unspecified atom stereocenters. The van der Waals surface area contributed by atoms with E-state index in [9.17, 15) is 4.39 Å². The second-order valence-electron chi connectivity index (χ2n) is 4.91. The Labute approximate surface area is 116 Å². The van der Waals surface area contributed by atoms with Crippen molar-refractivity contribution in [2.75, 3.05) is 5.32 Å². The number of pyridine rings is 1. The predicted molar refractivity (Wildman–Crippen MR) is 75.1 cm³/mol. The van der Waals surface area contributed by atoms with Gasteiger partial charge in [-0.05, 0) is 54.7 Å². The van der Waals surface area contributed by atoms with Gasteiger partial charge in [-0.25, -0.2) is 9.37 Å². The number of benzene rings is 1. The molecule has 0 radical (unpaired) electrons. The van der Waals surface area contributed by atoms with Crippen LogP contribution in [0.25, 0.3) is 0 Å². The van der Waals surface area contributed by atoms with Gasteiger partial charge in [-0.2, -0.15) is 0 Å². The van der Waals surface area contributed by atoms with Gasteiger partial charge < -0.3 is 5.32 Å². The van der Waals surface area contributed by atoms with Gasteiger partial charge in [-0.15, -0.1) is 0 Å². The number of hydrogen-bond acceptors (Lipinski definition) is 2. The van der Waals surface area contributed by atoms with Crippen LogP contribution in [0.15, 0.2) is 30.5 Å². The first kappa shape index (κ1) is 12.4. The van der Waals surface area contributed by atoms with E-state index in [2.05, 4.69) is 10.3 Å². The van der Waals surface area contributed by atoms with E-state index < -0.39 is 0 Å². The maximum Gasteiger partial charge on any atom is 0.132 e. The van der Waals surface area contributed by atoms with Crippen molar-refractivity contribution in [3.63, 3.8) is 0 Å². The van der Waals surface area contributed by atoms with Crippen LogP contribution in [-0.4, -0.2) is 4.98 Å². The summed E-state index contributed by atoms with van der Waals surface area (Å²) in [5, 5.41) is 3.97. The number of nitrogens with zero attached hydrogens (tertiary/aromatic N) is 1. The van der Waals surface area contributed by atoms with Gasteiger partial charge in [0.25, 0.3) is 0 Å². The van der Waals surface area contributed by atoms with Crippen LogP contribution in [0, 0.1) is 12.7 Å². The number of hydrogen-bond donors (Lipinski definition) is 1. The van der Waals surface area contributed by atoms with E-state index in [1.54, 1.807) is 12.3 Å². The first-order valence-electron chi connectivity index (χ1n) is 6.30. The molecule has 19 heavy (non-hydrogen) atoms. The molecule has 1 aromatic carbocycles. The van der Waals surface area contributed by atoms with Gasteiger partial charge >= 0.3 is 0 Å². The highest BCUT2D eigenvalue weighted by Crippen LogP contribution is 2.34. The van der Waals surface area contributed by atoms with Gasteiger partial charge in [-0.3, -0.25) is 0 Å². The largest absolute Gasteiger partial charge is 0.377 e. The van der Waals surface area contributed by atoms with Crippen LogP contribution in [0.2, 0.25) is 5.15 Å². The van der Waals surface area contributed by atoms with E-state index in [-0.39, 0.29) is 11.9 Å². The molecule has 1 atom stereocenters. The van der Waals surface area contributed by atoms with Crippen molar-refractivity contribution in [3.8, 4) is 0 Å². The summed E-state index contributed by atoms with van der Waals surface area (Å²) in [4.78, 5) is 4.13. The Hall–Kier alpha value is -1.61. The maximum atomic E-state index is 13.2. The van der Waals surface area contributed by atoms with Crippen molar-refractivity contribution >= 4 is 17.3 Å². The number of nitrogens with one attached hydrogen (secondary N) is 1. The van der Waals surface area contributed by atoms with Crippen molar-refractivity contribution in [3.05, 3.63) is 58.1 Å². The molecule has 1 aliphatic carbocycles. The molecule has 0 saturated carbocycles. The fourth-order valence-corrected chi connectivity index (χ4v) is 2.68. The molecule has 1 aliphatic rings. The first-order chi connectivity index (χ1) is 9.13. The van der Waals surface area contributed by atoms with E-state index in [1.165, 1.54) is 11.6 Å². The summed E-state index contributed by atoms with van der Waals surface area (Å²) in [5.74, 6) is -0.164. The molecule has 1 aromatic heterocycles. The summed E-state index contributed by atoms with van der Waals surface area (Å²) >= 11 is 5.92. The van der Waals surface area contributed by atoms with Crippen LogP contribution in [0.5, 0.6) is 0 Å². The highest BCUT2D eigenvalue weighted by atomic mass is 35.5. The lowest BCUT2D eigenvalue weighted by molar-refractivity contribution is 0.626. The van der Waals surface area contributed by atoms with Crippen molar-refractivity contribution in [2.45, 2.75) is 25.8 Å². The molecule has 2 nitrogen and oxygen atoms in total. The summed E-state index contributed by atoms with van der Waals surface area (Å²) in [6.45, 7) is 1.93. The summed E-state index contributed by atoms with van der Waals surface area (Å²) < 4.78 is 13.2. The Morgan fingerprint density at radius 2 is 2.21 bits per heavy atom. The van der Waals surface area contributed by atoms with Gasteiger partial charge in [-0.1, -0.05) is 17.7 Å². The molecule has 4 heteroatoms. The number of anilines is 1. The zero-order valence-electron chi connectivity index (χ0n) is 10.6. The average Bonchev–Trinajstić information content (AvgIpc) is 2.76. The Bertz CT molecular complexity index is 628. The van der Waals surface area contributed by atoms with Crippen LogP contribution < -0.4 is 5.32 Å². The van der Waals surface area contributed by atoms with Gasteiger partial charge in [0.1, 0.15) is 11.0 Å². The molecule has 2 aromatic rings. The minimum atomic E-state index is -0.164. The highest BCUT2D eigenvalue weighted by Gasteiger charge is 2.22. The Balaban J connectivity index is 1.84. The quantitative estimate of drug-likeness (QED) is 0.828. The smallest absolute Gasteiger partial charge is 0.132 e. The van der Waals surface area contributed by atoms with Crippen LogP contribution in [0.4, 0.5) is 10.1 Å². The SMILES string of the molecule is Cc1cc(NC2CCc3cc(F)ccc32)cnc1Cl. The van der Waals surface area contributed by atoms with Crippen molar-refractivity contribution < 1.29 is 4.39 Å². The van der Waals surface area contributed by atoms with E-state index in [0.717, 1.165) is 29.7 Å². The zero-order chi connectivity index (χ0) is 13.4. The minimum absolute atomic E-state index is 0.164. The molecular weight excluding hydrogens is 263 g/mol. The molecule has 0 bridgehead atoms. The second kappa shape index (κ2) is 4.82. The van der Waals surface area contributed by atoms with Gasteiger partial charge in [0.05, 0.1) is 17.9 Å². The zero-order valence-corrected chi connectivity index (χ0v) is 11.3. The van der Waals surface area contributed by atoms with Crippen LogP contribution >= 0.6 is 11.6 Å². The third-order valence-corrected chi connectivity index (χ3v) is 3.93. The molecule has 0 aliphatic heterocycles. The van der Waals surface area contributed by atoms with E-state index in [0.29, 0.717) is 5.15 Å². The lowest BCUT2D eigenvalue weighted by Crippen LogP contribution is -2.07. The van der Waals surface area contributed by atoms with Crippen molar-refractivity contribution in [1.29, 1.82) is 0 Å². The lowest BCUT2D eigenvalue weighted by atomic mass is 10.1. The maximum absolute atomic E-state index is 13.2. The molecule has 1 N–H and O–H groups in total. The van der Waals surface area contributed by atoms with E-state index in [1.807, 2.05) is 19.1 Å². The molecule has 0 fully saturated rings. The number of aryl methyl sites for hydroxylation is 2. The highest BCUT2D eigenvalue weighted by molar-refractivity contribution is 6.30. The third kappa shape index (κ3) is 2.43. The van der Waals surface area contributed by atoms with Crippen LogP contribution in [-0.2, 0) is 6.42 Å². The Morgan fingerprint density at radius 1 is 1.37 bits per heavy atom. The fraction of sp³-hybridized carbons (Fsp3) is 0.267. The van der Waals surface area contributed by atoms with Crippen LogP contribution in [0.3, 0.4) is 0 Å².